The number of phenolic OH excluding ortho intramolecular Hbond substituents is 2. The first-order chi connectivity index (χ1) is 15.5. The summed E-state index contributed by atoms with van der Waals surface area (Å²) in [7, 11) is 0. The van der Waals surface area contributed by atoms with E-state index in [0.29, 0.717) is 17.4 Å². The summed E-state index contributed by atoms with van der Waals surface area (Å²) < 4.78 is 0. The molecule has 33 heavy (non-hydrogen) atoms. The Bertz CT molecular complexity index is 1120. The summed E-state index contributed by atoms with van der Waals surface area (Å²) in [5.74, 6) is 1.34. The molecule has 0 saturated heterocycles. The van der Waals surface area contributed by atoms with E-state index in [1.54, 1.807) is 0 Å². The van der Waals surface area contributed by atoms with Crippen molar-refractivity contribution in [1.29, 1.82) is 0 Å². The Labute approximate surface area is 199 Å². The van der Waals surface area contributed by atoms with Crippen LogP contribution < -0.4 is 0 Å². The first-order valence-electron chi connectivity index (χ1n) is 12.6. The van der Waals surface area contributed by atoms with Gasteiger partial charge in [-0.3, -0.25) is 0 Å². The van der Waals surface area contributed by atoms with Crippen molar-refractivity contribution in [2.75, 3.05) is 0 Å². The van der Waals surface area contributed by atoms with E-state index in [4.69, 9.17) is 0 Å². The van der Waals surface area contributed by atoms with E-state index < -0.39 is 0 Å². The average molecular weight is 445 g/mol. The molecular weight excluding hydrogens is 404 g/mol. The van der Waals surface area contributed by atoms with Gasteiger partial charge in [0.15, 0.2) is 0 Å². The lowest BCUT2D eigenvalue weighted by molar-refractivity contribution is 0.417. The van der Waals surface area contributed by atoms with Crippen LogP contribution in [0.5, 0.6) is 11.5 Å². The van der Waals surface area contributed by atoms with Crippen LogP contribution in [0.1, 0.15) is 107 Å². The standard InChI is InChI=1S/C31H40O2/c1-30(2,3)26-17-20(18-27(29(26)33)31(4,5)6)16-22-19-25(21-12-8-7-9-13-21)28(32)24-15-11-10-14-23(22)24/h10-11,14-15,17-19,21,32-33H,7-9,12-13,16H2,1-6H3. The van der Waals surface area contributed by atoms with Crippen molar-refractivity contribution in [2.24, 2.45) is 0 Å². The second kappa shape index (κ2) is 8.70. The number of phenols is 2. The molecule has 3 aromatic rings. The minimum atomic E-state index is -0.148. The van der Waals surface area contributed by atoms with Crippen LogP contribution in [0.4, 0.5) is 0 Å². The Morgan fingerprint density at radius 1 is 0.727 bits per heavy atom. The van der Waals surface area contributed by atoms with E-state index in [-0.39, 0.29) is 10.8 Å². The Kier molecular flexibility index (Phi) is 6.24. The number of fused-ring (bicyclic) bond motifs is 1. The van der Waals surface area contributed by atoms with Crippen molar-refractivity contribution in [3.8, 4) is 11.5 Å². The summed E-state index contributed by atoms with van der Waals surface area (Å²) in [5.41, 5.74) is 5.30. The zero-order valence-electron chi connectivity index (χ0n) is 21.3. The van der Waals surface area contributed by atoms with Crippen molar-refractivity contribution in [3.05, 3.63) is 70.3 Å². The fourth-order valence-corrected chi connectivity index (χ4v) is 5.49. The molecule has 0 aliphatic heterocycles. The first-order valence-corrected chi connectivity index (χ1v) is 12.6. The molecule has 2 N–H and O–H groups in total. The summed E-state index contributed by atoms with van der Waals surface area (Å²) in [4.78, 5) is 0. The lowest BCUT2D eigenvalue weighted by atomic mass is 9.77. The molecule has 0 bridgehead atoms. The summed E-state index contributed by atoms with van der Waals surface area (Å²) in [6, 6.07) is 14.9. The number of benzene rings is 3. The van der Waals surface area contributed by atoms with Crippen LogP contribution in [0, 0.1) is 0 Å². The summed E-state index contributed by atoms with van der Waals surface area (Å²) in [6.07, 6.45) is 6.89. The minimum Gasteiger partial charge on any atom is -0.507 e. The van der Waals surface area contributed by atoms with Gasteiger partial charge < -0.3 is 10.2 Å². The zero-order chi connectivity index (χ0) is 24.0. The highest BCUT2D eigenvalue weighted by Gasteiger charge is 2.27. The molecule has 2 heteroatoms. The summed E-state index contributed by atoms with van der Waals surface area (Å²) in [5, 5.41) is 24.4. The second-order valence-corrected chi connectivity index (χ2v) is 12.1. The molecule has 4 rings (SSSR count). The van der Waals surface area contributed by atoms with Gasteiger partial charge in [0.1, 0.15) is 11.5 Å². The normalized spacial score (nSPS) is 15.8. The van der Waals surface area contributed by atoms with Gasteiger partial charge in [-0.1, -0.05) is 103 Å². The molecule has 1 saturated carbocycles. The van der Waals surface area contributed by atoms with Gasteiger partial charge in [0, 0.05) is 5.39 Å². The van der Waals surface area contributed by atoms with Gasteiger partial charge in [-0.15, -0.1) is 0 Å². The topological polar surface area (TPSA) is 40.5 Å². The monoisotopic (exact) mass is 444 g/mol. The van der Waals surface area contributed by atoms with Gasteiger partial charge in [-0.25, -0.2) is 0 Å². The molecule has 1 fully saturated rings. The Balaban J connectivity index is 1.88. The average Bonchev–Trinajstić information content (AvgIpc) is 2.76. The van der Waals surface area contributed by atoms with Gasteiger partial charge in [-0.2, -0.15) is 0 Å². The van der Waals surface area contributed by atoms with Crippen LogP contribution in [0.15, 0.2) is 42.5 Å². The van der Waals surface area contributed by atoms with Crippen LogP contribution in [0.2, 0.25) is 0 Å². The van der Waals surface area contributed by atoms with E-state index in [9.17, 15) is 10.2 Å². The van der Waals surface area contributed by atoms with E-state index in [1.165, 1.54) is 30.4 Å². The van der Waals surface area contributed by atoms with Gasteiger partial charge in [0.2, 0.25) is 0 Å². The van der Waals surface area contributed by atoms with Gasteiger partial charge in [0.25, 0.3) is 0 Å². The van der Waals surface area contributed by atoms with E-state index >= 15 is 0 Å². The minimum absolute atomic E-state index is 0.148. The van der Waals surface area contributed by atoms with Crippen LogP contribution >= 0.6 is 0 Å². The zero-order valence-corrected chi connectivity index (χ0v) is 21.3. The molecular formula is C31H40O2. The van der Waals surface area contributed by atoms with Crippen molar-refractivity contribution in [2.45, 2.75) is 96.8 Å². The molecule has 0 radical (unpaired) electrons. The third-order valence-electron chi connectivity index (χ3n) is 7.36. The Morgan fingerprint density at radius 3 is 1.82 bits per heavy atom. The molecule has 0 heterocycles. The van der Waals surface area contributed by atoms with E-state index in [2.05, 4.69) is 77.9 Å². The molecule has 0 spiro atoms. The Morgan fingerprint density at radius 2 is 1.27 bits per heavy atom. The van der Waals surface area contributed by atoms with Gasteiger partial charge in [-0.05, 0) is 69.2 Å². The molecule has 2 nitrogen and oxygen atoms in total. The first kappa shape index (κ1) is 23.7. The highest BCUT2D eigenvalue weighted by molar-refractivity contribution is 5.92. The third kappa shape index (κ3) is 4.76. The Hall–Kier alpha value is -2.48. The maximum Gasteiger partial charge on any atom is 0.126 e. The largest absolute Gasteiger partial charge is 0.507 e. The van der Waals surface area contributed by atoms with Crippen LogP contribution in [0.3, 0.4) is 0 Å². The lowest BCUT2D eigenvalue weighted by Crippen LogP contribution is -2.18. The molecule has 0 unspecified atom stereocenters. The highest BCUT2D eigenvalue weighted by Crippen LogP contribution is 2.44. The van der Waals surface area contributed by atoms with E-state index in [0.717, 1.165) is 46.7 Å². The predicted octanol–water partition coefficient (Wildman–Crippen LogP) is 8.48. The van der Waals surface area contributed by atoms with Crippen LogP contribution in [0.25, 0.3) is 10.8 Å². The highest BCUT2D eigenvalue weighted by atomic mass is 16.3. The van der Waals surface area contributed by atoms with Crippen molar-refractivity contribution >= 4 is 10.8 Å². The lowest BCUT2D eigenvalue weighted by Gasteiger charge is -2.28. The smallest absolute Gasteiger partial charge is 0.126 e. The molecule has 0 aromatic heterocycles. The molecule has 176 valence electrons. The molecule has 1 aliphatic rings. The number of hydrogen-bond acceptors (Lipinski definition) is 2. The van der Waals surface area contributed by atoms with E-state index in [1.807, 2.05) is 6.07 Å². The number of rotatable bonds is 3. The fraction of sp³-hybridized carbons (Fsp3) is 0.484. The number of aromatic hydroxyl groups is 2. The molecule has 3 aromatic carbocycles. The number of hydrogen-bond donors (Lipinski definition) is 2. The van der Waals surface area contributed by atoms with Gasteiger partial charge in [0.05, 0.1) is 0 Å². The fourth-order valence-electron chi connectivity index (χ4n) is 5.49. The second-order valence-electron chi connectivity index (χ2n) is 12.1. The molecule has 0 amide bonds. The van der Waals surface area contributed by atoms with Crippen molar-refractivity contribution < 1.29 is 10.2 Å². The molecule has 1 aliphatic carbocycles. The van der Waals surface area contributed by atoms with Crippen LogP contribution in [-0.4, -0.2) is 10.2 Å². The summed E-state index contributed by atoms with van der Waals surface area (Å²) in [6.45, 7) is 13.0. The quantitative estimate of drug-likeness (QED) is 0.425. The third-order valence-corrected chi connectivity index (χ3v) is 7.36. The predicted molar refractivity (Wildman–Crippen MR) is 140 cm³/mol. The SMILES string of the molecule is CC(C)(C)c1cc(Cc2cc(C3CCCCC3)c(O)c3ccccc23)cc(C(C)(C)C)c1O. The maximum absolute atomic E-state index is 11.2. The van der Waals surface area contributed by atoms with Crippen LogP contribution in [-0.2, 0) is 17.3 Å². The molecule has 0 atom stereocenters. The van der Waals surface area contributed by atoms with Crippen molar-refractivity contribution in [1.82, 2.24) is 0 Å². The van der Waals surface area contributed by atoms with Crippen molar-refractivity contribution in [3.63, 3.8) is 0 Å². The van der Waals surface area contributed by atoms with Gasteiger partial charge >= 0.3 is 0 Å². The summed E-state index contributed by atoms with van der Waals surface area (Å²) >= 11 is 0. The maximum atomic E-state index is 11.2.